The molecule has 1 N–H and O–H groups in total. The number of halogens is 5. The van der Waals surface area contributed by atoms with Gasteiger partial charge in [-0.25, -0.2) is 5.43 Å². The van der Waals surface area contributed by atoms with Crippen LogP contribution in [-0.2, 0) is 10.7 Å². The highest BCUT2D eigenvalue weighted by Gasteiger charge is 2.60. The van der Waals surface area contributed by atoms with Crippen LogP contribution in [0, 0.1) is 5.92 Å². The van der Waals surface area contributed by atoms with Crippen molar-refractivity contribution >= 4 is 17.1 Å². The normalized spacial score (nSPS) is 18.7. The van der Waals surface area contributed by atoms with Gasteiger partial charge in [-0.3, -0.25) is 4.79 Å². The van der Waals surface area contributed by atoms with Gasteiger partial charge in [0.1, 0.15) is 5.69 Å². The minimum absolute atomic E-state index is 0.0268. The van der Waals surface area contributed by atoms with E-state index in [0.717, 1.165) is 4.52 Å². The number of amides is 1. The Morgan fingerprint density at radius 1 is 1.27 bits per heavy atom. The zero-order chi connectivity index (χ0) is 19.3. The van der Waals surface area contributed by atoms with E-state index in [0.29, 0.717) is 11.8 Å². The number of nitrogens with zero attached hydrogens (tertiary/aromatic N) is 3. The summed E-state index contributed by atoms with van der Waals surface area (Å²) in [6.07, 6.45) is -5.68. The van der Waals surface area contributed by atoms with Crippen LogP contribution in [-0.4, -0.2) is 34.5 Å². The van der Waals surface area contributed by atoms with E-state index in [1.54, 1.807) is 6.92 Å². The first kappa shape index (κ1) is 18.1. The quantitative estimate of drug-likeness (QED) is 0.838. The van der Waals surface area contributed by atoms with Crippen LogP contribution in [0.2, 0.25) is 0 Å². The van der Waals surface area contributed by atoms with Gasteiger partial charge in [-0.15, -0.1) is 0 Å². The molecule has 140 valence electrons. The summed E-state index contributed by atoms with van der Waals surface area (Å²) in [5, 5.41) is 7.31. The fraction of sp³-hybridized carbons (Fsp3) is 0.400. The number of pyridine rings is 1. The van der Waals surface area contributed by atoms with Crippen molar-refractivity contribution in [3.63, 3.8) is 0 Å². The van der Waals surface area contributed by atoms with Crippen molar-refractivity contribution in [1.29, 1.82) is 0 Å². The molecule has 0 fully saturated rings. The summed E-state index contributed by atoms with van der Waals surface area (Å²) in [5.41, 5.74) is 1.40. The summed E-state index contributed by atoms with van der Waals surface area (Å²) in [7, 11) is 1.23. The maximum atomic E-state index is 13.7. The van der Waals surface area contributed by atoms with E-state index in [-0.39, 0.29) is 35.2 Å². The minimum atomic E-state index is -5.79. The lowest BCUT2D eigenvalue weighted by molar-refractivity contribution is -0.291. The Bertz CT molecular complexity index is 903. The fourth-order valence-corrected chi connectivity index (χ4v) is 2.70. The monoisotopic (exact) mass is 376 g/mol. The molecule has 6 nitrogen and oxygen atoms in total. The smallest absolute Gasteiger partial charge is 0.459 e. The second-order valence-corrected chi connectivity index (χ2v) is 5.83. The van der Waals surface area contributed by atoms with E-state index in [4.69, 9.17) is 4.74 Å². The molecule has 2 aromatic heterocycles. The first-order chi connectivity index (χ1) is 12.1. The molecule has 1 aliphatic heterocycles. The SMILES string of the molecule is COc1ccc(C2=NNC(=O)CC2C)c2cc(C(F)(F)C(F)(F)F)nn12. The first-order valence-corrected chi connectivity index (χ1v) is 7.45. The summed E-state index contributed by atoms with van der Waals surface area (Å²) in [6, 6.07) is 3.49. The predicted octanol–water partition coefficient (Wildman–Crippen LogP) is 2.86. The third-order valence-electron chi connectivity index (χ3n) is 4.01. The predicted molar refractivity (Wildman–Crippen MR) is 80.2 cm³/mol. The number of aromatic nitrogens is 2. The molecule has 2 aromatic rings. The number of methoxy groups -OCH3 is 1. The van der Waals surface area contributed by atoms with E-state index < -0.39 is 17.8 Å². The van der Waals surface area contributed by atoms with Crippen molar-refractivity contribution in [2.75, 3.05) is 7.11 Å². The van der Waals surface area contributed by atoms with Gasteiger partial charge in [0.25, 0.3) is 0 Å². The topological polar surface area (TPSA) is 68.0 Å². The van der Waals surface area contributed by atoms with Crippen molar-refractivity contribution < 1.29 is 31.5 Å². The first-order valence-electron chi connectivity index (χ1n) is 7.45. The van der Waals surface area contributed by atoms with E-state index in [1.165, 1.54) is 19.2 Å². The van der Waals surface area contributed by atoms with Gasteiger partial charge in [0, 0.05) is 24.0 Å². The molecule has 11 heteroatoms. The number of rotatable bonds is 3. The van der Waals surface area contributed by atoms with E-state index >= 15 is 0 Å². The number of carbonyl (C=O) groups excluding carboxylic acids is 1. The number of hydrazone groups is 1. The minimum Gasteiger partial charge on any atom is -0.481 e. The van der Waals surface area contributed by atoms with Gasteiger partial charge in [0.2, 0.25) is 11.8 Å². The number of hydrogen-bond donors (Lipinski definition) is 1. The van der Waals surface area contributed by atoms with Crippen molar-refractivity contribution in [2.24, 2.45) is 11.0 Å². The van der Waals surface area contributed by atoms with E-state index in [2.05, 4.69) is 15.6 Å². The standard InChI is InChI=1S/C15H13F5N4O2/c1-7-5-11(25)21-22-13(7)8-3-4-12(26-2)24-9(8)6-10(23-24)14(16,17)15(18,19)20/h3-4,6-7H,5H2,1-2H3,(H,21,25). The number of carbonyl (C=O) groups is 1. The summed E-state index contributed by atoms with van der Waals surface area (Å²) in [4.78, 5) is 11.4. The Morgan fingerprint density at radius 2 is 1.96 bits per heavy atom. The summed E-state index contributed by atoms with van der Waals surface area (Å²) in [6.45, 7) is 1.69. The van der Waals surface area contributed by atoms with Crippen molar-refractivity contribution in [1.82, 2.24) is 15.0 Å². The largest absolute Gasteiger partial charge is 0.481 e. The van der Waals surface area contributed by atoms with Gasteiger partial charge in [-0.1, -0.05) is 6.92 Å². The Kier molecular flexibility index (Phi) is 4.12. The molecule has 1 unspecified atom stereocenters. The lowest BCUT2D eigenvalue weighted by Gasteiger charge is -2.20. The molecule has 0 saturated carbocycles. The average Bonchev–Trinajstić information content (AvgIpc) is 2.99. The Hall–Kier alpha value is -2.72. The molecular formula is C15H13F5N4O2. The second kappa shape index (κ2) is 5.92. The molecule has 0 spiro atoms. The molecule has 3 rings (SSSR count). The maximum absolute atomic E-state index is 13.7. The number of hydrogen-bond acceptors (Lipinski definition) is 4. The highest BCUT2D eigenvalue weighted by atomic mass is 19.4. The van der Waals surface area contributed by atoms with Gasteiger partial charge in [-0.2, -0.15) is 36.7 Å². The van der Waals surface area contributed by atoms with Crippen LogP contribution in [0.25, 0.3) is 5.52 Å². The molecule has 0 bridgehead atoms. The van der Waals surface area contributed by atoms with Gasteiger partial charge in [0.05, 0.1) is 18.3 Å². The second-order valence-electron chi connectivity index (χ2n) is 5.83. The third-order valence-corrected chi connectivity index (χ3v) is 4.01. The number of ether oxygens (including phenoxy) is 1. The van der Waals surface area contributed by atoms with Crippen LogP contribution >= 0.6 is 0 Å². The third kappa shape index (κ3) is 2.76. The Labute approximate surface area is 143 Å². The summed E-state index contributed by atoms with van der Waals surface area (Å²) in [5.74, 6) is -5.83. The fourth-order valence-electron chi connectivity index (χ4n) is 2.70. The zero-order valence-corrected chi connectivity index (χ0v) is 13.6. The molecule has 0 aliphatic carbocycles. The summed E-state index contributed by atoms with van der Waals surface area (Å²) < 4.78 is 71.3. The van der Waals surface area contributed by atoms with Crippen molar-refractivity contribution in [3.8, 4) is 5.88 Å². The van der Waals surface area contributed by atoms with E-state index in [1.807, 2.05) is 0 Å². The lowest BCUT2D eigenvalue weighted by Crippen LogP contribution is -2.34. The maximum Gasteiger partial charge on any atom is 0.459 e. The Balaban J connectivity index is 2.23. The molecule has 0 aromatic carbocycles. The van der Waals surface area contributed by atoms with Crippen molar-refractivity contribution in [3.05, 3.63) is 29.5 Å². The number of alkyl halides is 5. The van der Waals surface area contributed by atoms with Crippen molar-refractivity contribution in [2.45, 2.75) is 25.4 Å². The van der Waals surface area contributed by atoms with Crippen LogP contribution in [0.15, 0.2) is 23.3 Å². The van der Waals surface area contributed by atoms with Gasteiger partial charge in [-0.05, 0) is 12.1 Å². The van der Waals surface area contributed by atoms with Crippen LogP contribution in [0.5, 0.6) is 5.88 Å². The molecule has 1 aliphatic rings. The molecule has 0 saturated heterocycles. The highest BCUT2D eigenvalue weighted by Crippen LogP contribution is 2.44. The number of fused-ring (bicyclic) bond motifs is 1. The van der Waals surface area contributed by atoms with Crippen LogP contribution in [0.3, 0.4) is 0 Å². The molecular weight excluding hydrogens is 363 g/mol. The average molecular weight is 376 g/mol. The van der Waals surface area contributed by atoms with Gasteiger partial charge >= 0.3 is 12.1 Å². The van der Waals surface area contributed by atoms with Crippen LogP contribution in [0.4, 0.5) is 22.0 Å². The lowest BCUT2D eigenvalue weighted by atomic mass is 9.94. The molecule has 1 amide bonds. The van der Waals surface area contributed by atoms with Gasteiger partial charge < -0.3 is 4.74 Å². The number of nitrogens with one attached hydrogen (secondary N) is 1. The van der Waals surface area contributed by atoms with Crippen LogP contribution in [0.1, 0.15) is 24.6 Å². The Morgan fingerprint density at radius 3 is 2.54 bits per heavy atom. The molecule has 0 radical (unpaired) electrons. The van der Waals surface area contributed by atoms with E-state index in [9.17, 15) is 26.7 Å². The molecule has 26 heavy (non-hydrogen) atoms. The zero-order valence-electron chi connectivity index (χ0n) is 13.6. The summed E-state index contributed by atoms with van der Waals surface area (Å²) >= 11 is 0. The van der Waals surface area contributed by atoms with Crippen LogP contribution < -0.4 is 10.2 Å². The molecule has 3 heterocycles. The highest BCUT2D eigenvalue weighted by molar-refractivity contribution is 6.10. The molecule has 1 atom stereocenters. The van der Waals surface area contributed by atoms with Gasteiger partial charge in [0.15, 0.2) is 0 Å².